The van der Waals surface area contributed by atoms with Crippen molar-refractivity contribution in [2.24, 2.45) is 0 Å². The second-order valence-corrected chi connectivity index (χ2v) is 11.7. The molecule has 0 atom stereocenters. The van der Waals surface area contributed by atoms with Gasteiger partial charge in [-0.25, -0.2) is 15.0 Å². The number of hydrogen-bond donors (Lipinski definition) is 0. The fourth-order valence-corrected chi connectivity index (χ4v) is 6.10. The minimum absolute atomic E-state index is 0.683. The summed E-state index contributed by atoms with van der Waals surface area (Å²) in [5.41, 5.74) is 13.2. The van der Waals surface area contributed by atoms with Crippen LogP contribution in [0.1, 0.15) is 11.3 Å². The molecular formula is C42H30N4. The van der Waals surface area contributed by atoms with Crippen molar-refractivity contribution in [3.05, 3.63) is 157 Å². The van der Waals surface area contributed by atoms with E-state index in [1.165, 1.54) is 16.7 Å². The van der Waals surface area contributed by atoms with Crippen molar-refractivity contribution in [2.45, 2.75) is 13.8 Å². The first-order valence-corrected chi connectivity index (χ1v) is 15.5. The van der Waals surface area contributed by atoms with Gasteiger partial charge in [-0.05, 0) is 48.7 Å². The number of fused-ring (bicyclic) bond motifs is 3. The SMILES string of the molecule is Cc1cc(C)c2ccc3ccc(-c4ccc(-c5nc(-c6ccccc6)cc(-c6ccc(-c7ccccc7)cc6)n5)cc4)nc3c2n1. The van der Waals surface area contributed by atoms with Gasteiger partial charge < -0.3 is 0 Å². The van der Waals surface area contributed by atoms with Gasteiger partial charge in [0.05, 0.1) is 28.1 Å². The summed E-state index contributed by atoms with van der Waals surface area (Å²) in [6.07, 6.45) is 0. The molecule has 8 aromatic rings. The Morgan fingerprint density at radius 3 is 1.57 bits per heavy atom. The van der Waals surface area contributed by atoms with Crippen molar-refractivity contribution < 1.29 is 0 Å². The fourth-order valence-electron chi connectivity index (χ4n) is 6.10. The summed E-state index contributed by atoms with van der Waals surface area (Å²) in [7, 11) is 0. The Labute approximate surface area is 268 Å². The molecule has 0 spiro atoms. The second-order valence-electron chi connectivity index (χ2n) is 11.7. The third kappa shape index (κ3) is 5.20. The zero-order valence-electron chi connectivity index (χ0n) is 25.6. The van der Waals surface area contributed by atoms with Crippen molar-refractivity contribution >= 4 is 21.8 Å². The van der Waals surface area contributed by atoms with E-state index in [2.05, 4.69) is 128 Å². The van der Waals surface area contributed by atoms with Gasteiger partial charge in [0.15, 0.2) is 5.82 Å². The van der Waals surface area contributed by atoms with Crippen LogP contribution in [0, 0.1) is 13.8 Å². The van der Waals surface area contributed by atoms with Crippen LogP contribution >= 0.6 is 0 Å². The molecule has 0 unspecified atom stereocenters. The van der Waals surface area contributed by atoms with Crippen molar-refractivity contribution in [1.82, 2.24) is 19.9 Å². The van der Waals surface area contributed by atoms with Crippen LogP contribution in [0.15, 0.2) is 146 Å². The maximum Gasteiger partial charge on any atom is 0.160 e. The number of rotatable bonds is 5. The van der Waals surface area contributed by atoms with Crippen LogP contribution in [-0.4, -0.2) is 19.9 Å². The summed E-state index contributed by atoms with van der Waals surface area (Å²) in [4.78, 5) is 20.0. The number of hydrogen-bond acceptors (Lipinski definition) is 4. The van der Waals surface area contributed by atoms with E-state index in [9.17, 15) is 0 Å². The van der Waals surface area contributed by atoms with E-state index in [1.54, 1.807) is 0 Å². The largest absolute Gasteiger partial charge is 0.251 e. The van der Waals surface area contributed by atoms with E-state index in [1.807, 2.05) is 31.2 Å². The van der Waals surface area contributed by atoms with Gasteiger partial charge in [-0.15, -0.1) is 0 Å². The molecule has 0 bridgehead atoms. The molecule has 0 aliphatic carbocycles. The normalized spacial score (nSPS) is 11.3. The third-order valence-corrected chi connectivity index (χ3v) is 8.50. The number of aryl methyl sites for hydroxylation is 2. The molecule has 0 aliphatic heterocycles. The third-order valence-electron chi connectivity index (χ3n) is 8.50. The molecule has 4 nitrogen and oxygen atoms in total. The molecule has 46 heavy (non-hydrogen) atoms. The number of benzene rings is 5. The maximum atomic E-state index is 5.10. The number of nitrogens with zero attached hydrogens (tertiary/aromatic N) is 4. The van der Waals surface area contributed by atoms with Crippen LogP contribution in [0.5, 0.6) is 0 Å². The van der Waals surface area contributed by atoms with E-state index in [0.29, 0.717) is 5.82 Å². The van der Waals surface area contributed by atoms with E-state index >= 15 is 0 Å². The predicted molar refractivity (Wildman–Crippen MR) is 189 cm³/mol. The molecule has 3 heterocycles. The Hall–Kier alpha value is -6.00. The molecule has 3 aromatic heterocycles. The number of pyridine rings is 2. The molecule has 218 valence electrons. The molecule has 0 aliphatic rings. The van der Waals surface area contributed by atoms with Gasteiger partial charge in [-0.1, -0.05) is 127 Å². The molecule has 0 fully saturated rings. The number of aromatic nitrogens is 4. The van der Waals surface area contributed by atoms with Crippen molar-refractivity contribution in [2.75, 3.05) is 0 Å². The Morgan fingerprint density at radius 2 is 0.891 bits per heavy atom. The van der Waals surface area contributed by atoms with Crippen LogP contribution < -0.4 is 0 Å². The highest BCUT2D eigenvalue weighted by atomic mass is 14.9. The topological polar surface area (TPSA) is 51.6 Å². The summed E-state index contributed by atoms with van der Waals surface area (Å²) >= 11 is 0. The molecule has 0 amide bonds. The van der Waals surface area contributed by atoms with Gasteiger partial charge in [-0.3, -0.25) is 4.98 Å². The highest BCUT2D eigenvalue weighted by molar-refractivity contribution is 6.04. The molecule has 0 saturated carbocycles. The van der Waals surface area contributed by atoms with Crippen molar-refractivity contribution in [3.63, 3.8) is 0 Å². The zero-order chi connectivity index (χ0) is 31.0. The summed E-state index contributed by atoms with van der Waals surface area (Å²) < 4.78 is 0. The van der Waals surface area contributed by atoms with Crippen LogP contribution in [0.25, 0.3) is 78.1 Å². The Balaban J connectivity index is 1.18. The first-order chi connectivity index (χ1) is 22.6. The quantitative estimate of drug-likeness (QED) is 0.187. The average molecular weight is 591 g/mol. The molecule has 0 N–H and O–H groups in total. The van der Waals surface area contributed by atoms with Gasteiger partial charge in [0.25, 0.3) is 0 Å². The maximum absolute atomic E-state index is 5.10. The lowest BCUT2D eigenvalue weighted by Gasteiger charge is -2.11. The second kappa shape index (κ2) is 11.5. The van der Waals surface area contributed by atoms with E-state index in [-0.39, 0.29) is 0 Å². The standard InChI is InChI=1S/C42H30N4/c1-27-25-28(2)43-41-36(27)23-21-34-22-24-37(44-40(34)41)32-17-19-35(20-18-32)42-45-38(31-11-7-4-8-12-31)26-39(46-42)33-15-13-30(14-16-33)29-9-5-3-6-10-29/h3-26H,1-2H3. The highest BCUT2D eigenvalue weighted by Crippen LogP contribution is 2.32. The fraction of sp³-hybridized carbons (Fsp3) is 0.0476. The van der Waals surface area contributed by atoms with Gasteiger partial charge >= 0.3 is 0 Å². The summed E-state index contributed by atoms with van der Waals surface area (Å²) in [5, 5.41) is 2.22. The van der Waals surface area contributed by atoms with E-state index < -0.39 is 0 Å². The van der Waals surface area contributed by atoms with E-state index in [4.69, 9.17) is 19.9 Å². The van der Waals surface area contributed by atoms with Gasteiger partial charge in [0.2, 0.25) is 0 Å². The smallest absolute Gasteiger partial charge is 0.160 e. The van der Waals surface area contributed by atoms with Crippen LogP contribution in [0.3, 0.4) is 0 Å². The van der Waals surface area contributed by atoms with Crippen LogP contribution in [0.4, 0.5) is 0 Å². The molecule has 5 aromatic carbocycles. The summed E-state index contributed by atoms with van der Waals surface area (Å²) in [5.74, 6) is 0.683. The lowest BCUT2D eigenvalue weighted by atomic mass is 10.0. The lowest BCUT2D eigenvalue weighted by molar-refractivity contribution is 1.18. The summed E-state index contributed by atoms with van der Waals surface area (Å²) in [6.45, 7) is 4.17. The first kappa shape index (κ1) is 27.5. The van der Waals surface area contributed by atoms with Crippen molar-refractivity contribution in [1.29, 1.82) is 0 Å². The predicted octanol–water partition coefficient (Wildman–Crippen LogP) is 10.5. The average Bonchev–Trinajstić information content (AvgIpc) is 3.12. The van der Waals surface area contributed by atoms with E-state index in [0.717, 1.165) is 66.8 Å². The zero-order valence-corrected chi connectivity index (χ0v) is 25.6. The Kier molecular flexibility index (Phi) is 6.88. The minimum atomic E-state index is 0.683. The molecule has 8 rings (SSSR count). The molecule has 4 heteroatoms. The monoisotopic (exact) mass is 590 g/mol. The van der Waals surface area contributed by atoms with Gasteiger partial charge in [0.1, 0.15) is 0 Å². The minimum Gasteiger partial charge on any atom is -0.251 e. The Bertz CT molecular complexity index is 2350. The molecule has 0 radical (unpaired) electrons. The Morgan fingerprint density at radius 1 is 0.370 bits per heavy atom. The van der Waals surface area contributed by atoms with Gasteiger partial charge in [0, 0.05) is 38.7 Å². The van der Waals surface area contributed by atoms with Crippen LogP contribution in [-0.2, 0) is 0 Å². The molecular weight excluding hydrogens is 560 g/mol. The first-order valence-electron chi connectivity index (χ1n) is 15.5. The lowest BCUT2D eigenvalue weighted by Crippen LogP contribution is -1.96. The van der Waals surface area contributed by atoms with Crippen LogP contribution in [0.2, 0.25) is 0 Å². The molecule has 0 saturated heterocycles. The van der Waals surface area contributed by atoms with Gasteiger partial charge in [-0.2, -0.15) is 0 Å². The van der Waals surface area contributed by atoms with Crippen molar-refractivity contribution in [3.8, 4) is 56.3 Å². The highest BCUT2D eigenvalue weighted by Gasteiger charge is 2.13. The summed E-state index contributed by atoms with van der Waals surface area (Å²) in [6, 6.07) is 50.3.